The Morgan fingerprint density at radius 1 is 1.06 bits per heavy atom. The molecule has 2 saturated heterocycles. The van der Waals surface area contributed by atoms with Crippen LogP contribution in [0.5, 0.6) is 0 Å². The van der Waals surface area contributed by atoms with Crippen molar-refractivity contribution in [2.24, 2.45) is 5.92 Å². The fourth-order valence-corrected chi connectivity index (χ4v) is 4.79. The lowest BCUT2D eigenvalue weighted by Gasteiger charge is -2.36. The molecule has 0 bridgehead atoms. The number of carbonyl (C=O) groups is 2. The molecule has 170 valence electrons. The van der Waals surface area contributed by atoms with Crippen molar-refractivity contribution in [3.63, 3.8) is 0 Å². The summed E-state index contributed by atoms with van der Waals surface area (Å²) in [4.78, 5) is 40.6. The number of amides is 2. The van der Waals surface area contributed by atoms with Crippen LogP contribution in [0.4, 0.5) is 11.5 Å². The minimum atomic E-state index is -0.309. The number of anilines is 2. The van der Waals surface area contributed by atoms with Gasteiger partial charge in [-0.25, -0.2) is 14.6 Å². The second-order valence-electron chi connectivity index (χ2n) is 8.28. The van der Waals surface area contributed by atoms with Crippen LogP contribution < -0.4 is 9.80 Å². The van der Waals surface area contributed by atoms with Gasteiger partial charge in [-0.3, -0.25) is 9.59 Å². The number of halogens is 1. The third-order valence-electron chi connectivity index (χ3n) is 6.06. The molecule has 9 nitrogen and oxygen atoms in total. The molecule has 0 aliphatic carbocycles. The molecule has 10 heteroatoms. The minimum absolute atomic E-state index is 0.00676. The van der Waals surface area contributed by atoms with Crippen molar-refractivity contribution in [2.45, 2.75) is 13.3 Å². The van der Waals surface area contributed by atoms with E-state index < -0.39 is 0 Å². The highest BCUT2D eigenvalue weighted by Crippen LogP contribution is 2.29. The Balaban J connectivity index is 1.23. The summed E-state index contributed by atoms with van der Waals surface area (Å²) in [5.74, 6) is 1.96. The summed E-state index contributed by atoms with van der Waals surface area (Å²) in [6, 6.07) is 11.4. The van der Waals surface area contributed by atoms with E-state index in [0.717, 1.165) is 21.8 Å². The predicted molar refractivity (Wildman–Crippen MR) is 127 cm³/mol. The SMILES string of the molecule is Cc1nc(N2CCN(C(=O)C3CC(=O)N(c4cccc(Br)c4)C3)CC2)cc(-n2cccn2)n1. The molecule has 1 unspecified atom stereocenters. The van der Waals surface area contributed by atoms with Crippen molar-refractivity contribution in [2.75, 3.05) is 42.5 Å². The molecule has 0 radical (unpaired) electrons. The van der Waals surface area contributed by atoms with Gasteiger partial charge < -0.3 is 14.7 Å². The number of aryl methyl sites for hydroxylation is 1. The summed E-state index contributed by atoms with van der Waals surface area (Å²) in [6.45, 7) is 4.84. The van der Waals surface area contributed by atoms with Gasteiger partial charge in [-0.2, -0.15) is 5.10 Å². The molecule has 2 aromatic heterocycles. The highest BCUT2D eigenvalue weighted by atomic mass is 79.9. The molecule has 4 heterocycles. The van der Waals surface area contributed by atoms with E-state index in [1.165, 1.54) is 0 Å². The number of aromatic nitrogens is 4. The van der Waals surface area contributed by atoms with Crippen LogP contribution in [-0.2, 0) is 9.59 Å². The maximum Gasteiger partial charge on any atom is 0.228 e. The largest absolute Gasteiger partial charge is 0.353 e. The van der Waals surface area contributed by atoms with Gasteiger partial charge in [0.05, 0.1) is 5.92 Å². The summed E-state index contributed by atoms with van der Waals surface area (Å²) < 4.78 is 2.63. The van der Waals surface area contributed by atoms with Crippen molar-refractivity contribution in [3.8, 4) is 5.82 Å². The number of hydrogen-bond donors (Lipinski definition) is 0. The van der Waals surface area contributed by atoms with Crippen LogP contribution in [0.25, 0.3) is 5.82 Å². The standard InChI is InChI=1S/C23H24BrN7O2/c1-16-26-20(14-21(27-16)31-7-3-6-25-31)28-8-10-29(11-9-28)23(33)17-12-22(32)30(15-17)19-5-2-4-18(24)13-19/h2-7,13-14,17H,8-12,15H2,1H3. The van der Waals surface area contributed by atoms with Crippen molar-refractivity contribution >= 4 is 39.2 Å². The van der Waals surface area contributed by atoms with Crippen molar-refractivity contribution in [1.82, 2.24) is 24.6 Å². The monoisotopic (exact) mass is 509 g/mol. The molecule has 2 aliphatic rings. The second-order valence-corrected chi connectivity index (χ2v) is 9.20. The molecule has 2 aliphatic heterocycles. The van der Waals surface area contributed by atoms with Crippen LogP contribution >= 0.6 is 15.9 Å². The average molecular weight is 510 g/mol. The summed E-state index contributed by atoms with van der Waals surface area (Å²) in [7, 11) is 0. The molecule has 0 saturated carbocycles. The molecule has 0 N–H and O–H groups in total. The van der Waals surface area contributed by atoms with E-state index in [2.05, 4.69) is 35.9 Å². The Morgan fingerprint density at radius 2 is 1.85 bits per heavy atom. The van der Waals surface area contributed by atoms with Gasteiger partial charge in [0.15, 0.2) is 5.82 Å². The Hall–Kier alpha value is -3.27. The zero-order chi connectivity index (χ0) is 22.9. The van der Waals surface area contributed by atoms with Gasteiger partial charge >= 0.3 is 0 Å². The van der Waals surface area contributed by atoms with Crippen LogP contribution in [0.1, 0.15) is 12.2 Å². The number of hydrogen-bond acceptors (Lipinski definition) is 6. The van der Waals surface area contributed by atoms with Gasteiger partial charge in [0.2, 0.25) is 11.8 Å². The average Bonchev–Trinajstić information content (AvgIpc) is 3.48. The zero-order valence-electron chi connectivity index (χ0n) is 18.3. The lowest BCUT2D eigenvalue weighted by Crippen LogP contribution is -2.51. The molecular weight excluding hydrogens is 486 g/mol. The molecule has 1 aromatic carbocycles. The third kappa shape index (κ3) is 4.47. The number of piperazine rings is 1. The summed E-state index contributed by atoms with van der Waals surface area (Å²) >= 11 is 3.45. The summed E-state index contributed by atoms with van der Waals surface area (Å²) in [5.41, 5.74) is 0.821. The number of benzene rings is 1. The first-order valence-electron chi connectivity index (χ1n) is 10.9. The quantitative estimate of drug-likeness (QED) is 0.536. The first-order chi connectivity index (χ1) is 16.0. The molecule has 5 rings (SSSR count). The Labute approximate surface area is 200 Å². The van der Waals surface area contributed by atoms with Gasteiger partial charge in [-0.15, -0.1) is 0 Å². The van der Waals surface area contributed by atoms with Crippen LogP contribution in [0.2, 0.25) is 0 Å². The third-order valence-corrected chi connectivity index (χ3v) is 6.55. The summed E-state index contributed by atoms with van der Waals surface area (Å²) in [5, 5.41) is 4.25. The van der Waals surface area contributed by atoms with Crippen LogP contribution in [0.15, 0.2) is 53.3 Å². The van der Waals surface area contributed by atoms with E-state index in [4.69, 9.17) is 0 Å². The van der Waals surface area contributed by atoms with Crippen LogP contribution in [0, 0.1) is 12.8 Å². The normalized spacial score (nSPS) is 18.8. The lowest BCUT2D eigenvalue weighted by atomic mass is 10.1. The van der Waals surface area contributed by atoms with Crippen molar-refractivity contribution in [1.29, 1.82) is 0 Å². The maximum absolute atomic E-state index is 13.2. The molecule has 2 fully saturated rings. The van der Waals surface area contributed by atoms with Crippen LogP contribution in [0.3, 0.4) is 0 Å². The molecule has 0 spiro atoms. The molecule has 1 atom stereocenters. The molecule has 33 heavy (non-hydrogen) atoms. The van der Waals surface area contributed by atoms with E-state index in [1.54, 1.807) is 15.8 Å². The topological polar surface area (TPSA) is 87.5 Å². The van der Waals surface area contributed by atoms with Crippen molar-refractivity contribution < 1.29 is 9.59 Å². The fourth-order valence-electron chi connectivity index (χ4n) is 4.40. The zero-order valence-corrected chi connectivity index (χ0v) is 19.8. The minimum Gasteiger partial charge on any atom is -0.353 e. The number of rotatable bonds is 4. The van der Waals surface area contributed by atoms with E-state index in [1.807, 2.05) is 54.4 Å². The Kier molecular flexibility index (Phi) is 5.84. The maximum atomic E-state index is 13.2. The van der Waals surface area contributed by atoms with Crippen molar-refractivity contribution in [3.05, 3.63) is 59.1 Å². The van der Waals surface area contributed by atoms with E-state index >= 15 is 0 Å². The summed E-state index contributed by atoms with van der Waals surface area (Å²) in [6.07, 6.45) is 3.82. The fraction of sp³-hybridized carbons (Fsp3) is 0.348. The van der Waals surface area contributed by atoms with Gasteiger partial charge in [0.25, 0.3) is 0 Å². The van der Waals surface area contributed by atoms with Gasteiger partial charge in [0, 0.05) is 67.8 Å². The van der Waals surface area contributed by atoms with Crippen LogP contribution in [-0.4, -0.2) is 69.2 Å². The van der Waals surface area contributed by atoms with E-state index in [0.29, 0.717) is 38.5 Å². The van der Waals surface area contributed by atoms with E-state index in [9.17, 15) is 9.59 Å². The first-order valence-corrected chi connectivity index (χ1v) is 11.7. The first kappa shape index (κ1) is 21.6. The highest BCUT2D eigenvalue weighted by Gasteiger charge is 2.38. The second kappa shape index (κ2) is 8.93. The van der Waals surface area contributed by atoms with Gasteiger partial charge in [0.1, 0.15) is 11.6 Å². The number of carbonyl (C=O) groups excluding carboxylic acids is 2. The number of nitrogens with zero attached hydrogens (tertiary/aromatic N) is 7. The predicted octanol–water partition coefficient (Wildman–Crippen LogP) is 2.43. The molecule has 3 aromatic rings. The highest BCUT2D eigenvalue weighted by molar-refractivity contribution is 9.10. The lowest BCUT2D eigenvalue weighted by molar-refractivity contribution is -0.136. The smallest absolute Gasteiger partial charge is 0.228 e. The Morgan fingerprint density at radius 3 is 2.58 bits per heavy atom. The van der Waals surface area contributed by atoms with E-state index in [-0.39, 0.29) is 24.2 Å². The van der Waals surface area contributed by atoms with Gasteiger partial charge in [-0.05, 0) is 31.2 Å². The molecule has 2 amide bonds. The van der Waals surface area contributed by atoms with Gasteiger partial charge in [-0.1, -0.05) is 22.0 Å². The Bertz CT molecular complexity index is 1180. The molecular formula is C23H24BrN7O2.